The maximum atomic E-state index is 6.17. The molecule has 0 radical (unpaired) electrons. The van der Waals surface area contributed by atoms with Crippen LogP contribution >= 0.6 is 11.6 Å². The van der Waals surface area contributed by atoms with E-state index in [1.807, 2.05) is 0 Å². The van der Waals surface area contributed by atoms with Crippen molar-refractivity contribution in [1.82, 2.24) is 5.32 Å². The smallest absolute Gasteiger partial charge is 0.0634 e. The summed E-state index contributed by atoms with van der Waals surface area (Å²) in [5.41, 5.74) is 0.139. The van der Waals surface area contributed by atoms with Crippen molar-refractivity contribution in [2.75, 3.05) is 19.5 Å². The number of rotatable bonds is 6. The van der Waals surface area contributed by atoms with E-state index in [4.69, 9.17) is 16.3 Å². The Balaban J connectivity index is 2.37. The number of halogens is 1. The summed E-state index contributed by atoms with van der Waals surface area (Å²) in [6, 6.07) is 0. The van der Waals surface area contributed by atoms with Crippen LogP contribution in [0.2, 0.25) is 0 Å². The molecule has 0 amide bonds. The van der Waals surface area contributed by atoms with Crippen LogP contribution in [-0.4, -0.2) is 30.7 Å². The lowest BCUT2D eigenvalue weighted by Gasteiger charge is -2.39. The third-order valence-electron chi connectivity index (χ3n) is 4.27. The van der Waals surface area contributed by atoms with Crippen molar-refractivity contribution in [2.45, 2.75) is 64.0 Å². The molecule has 2 nitrogen and oxygen atoms in total. The fourth-order valence-electron chi connectivity index (χ4n) is 2.40. The molecule has 1 aliphatic rings. The van der Waals surface area contributed by atoms with Gasteiger partial charge in [0.15, 0.2) is 0 Å². The molecule has 102 valence electrons. The lowest BCUT2D eigenvalue weighted by atomic mass is 9.78. The van der Waals surface area contributed by atoms with Crippen LogP contribution in [0.3, 0.4) is 0 Å². The molecule has 0 unspecified atom stereocenters. The summed E-state index contributed by atoms with van der Waals surface area (Å²) in [6.45, 7) is 7.59. The molecule has 1 N–H and O–H groups in total. The van der Waals surface area contributed by atoms with Gasteiger partial charge < -0.3 is 10.1 Å². The summed E-state index contributed by atoms with van der Waals surface area (Å²) in [5.74, 6) is 1.59. The van der Waals surface area contributed by atoms with Crippen molar-refractivity contribution in [3.63, 3.8) is 0 Å². The fraction of sp³-hybridized carbons (Fsp3) is 1.00. The van der Waals surface area contributed by atoms with Gasteiger partial charge in [0, 0.05) is 18.5 Å². The average Bonchev–Trinajstić information content (AvgIpc) is 2.32. The van der Waals surface area contributed by atoms with Crippen LogP contribution in [0.25, 0.3) is 0 Å². The Morgan fingerprint density at radius 1 is 1.35 bits per heavy atom. The standard InChI is InChI=1S/C14H28ClNO/c1-12-5-7-14(11-15,8-6-12)16-10-9-13(2,3)17-4/h12,16H,5-11H2,1-4H3. The minimum atomic E-state index is -0.0392. The molecule has 1 saturated carbocycles. The number of hydrogen-bond donors (Lipinski definition) is 1. The Bertz CT molecular complexity index is 222. The van der Waals surface area contributed by atoms with Crippen LogP contribution in [0.15, 0.2) is 0 Å². The van der Waals surface area contributed by atoms with Crippen LogP contribution in [0.1, 0.15) is 52.9 Å². The van der Waals surface area contributed by atoms with Crippen molar-refractivity contribution >= 4 is 11.6 Å². The van der Waals surface area contributed by atoms with Gasteiger partial charge in [-0.05, 0) is 58.4 Å². The van der Waals surface area contributed by atoms with E-state index in [1.54, 1.807) is 7.11 Å². The number of methoxy groups -OCH3 is 1. The lowest BCUT2D eigenvalue weighted by molar-refractivity contribution is 0.0136. The Hall–Kier alpha value is 0.210. The van der Waals surface area contributed by atoms with Gasteiger partial charge in [-0.15, -0.1) is 11.6 Å². The molecule has 1 fully saturated rings. The Labute approximate surface area is 111 Å². The second-order valence-corrected chi connectivity index (χ2v) is 6.50. The van der Waals surface area contributed by atoms with Crippen LogP contribution < -0.4 is 5.32 Å². The molecule has 17 heavy (non-hydrogen) atoms. The average molecular weight is 262 g/mol. The predicted octanol–water partition coefficient (Wildman–Crippen LogP) is 3.58. The van der Waals surface area contributed by atoms with E-state index in [9.17, 15) is 0 Å². The molecule has 1 rings (SSSR count). The Kier molecular flexibility index (Phi) is 5.75. The second-order valence-electron chi connectivity index (χ2n) is 6.24. The molecule has 0 aromatic rings. The minimum Gasteiger partial charge on any atom is -0.379 e. The maximum absolute atomic E-state index is 6.17. The minimum absolute atomic E-state index is 0.0392. The van der Waals surface area contributed by atoms with Crippen molar-refractivity contribution in [1.29, 1.82) is 0 Å². The lowest BCUT2D eigenvalue weighted by Crippen LogP contribution is -2.50. The van der Waals surface area contributed by atoms with Gasteiger partial charge in [0.25, 0.3) is 0 Å². The zero-order valence-electron chi connectivity index (χ0n) is 11.8. The summed E-state index contributed by atoms with van der Waals surface area (Å²) in [5, 5.41) is 3.68. The highest BCUT2D eigenvalue weighted by atomic mass is 35.5. The molecule has 0 spiro atoms. The first-order chi connectivity index (χ1) is 7.93. The second kappa shape index (κ2) is 6.40. The molecule has 0 aromatic heterocycles. The van der Waals surface area contributed by atoms with Crippen LogP contribution in [0.5, 0.6) is 0 Å². The van der Waals surface area contributed by atoms with Gasteiger partial charge in [-0.25, -0.2) is 0 Å². The zero-order valence-corrected chi connectivity index (χ0v) is 12.6. The van der Waals surface area contributed by atoms with Crippen molar-refractivity contribution in [2.24, 2.45) is 5.92 Å². The topological polar surface area (TPSA) is 21.3 Å². The monoisotopic (exact) mass is 261 g/mol. The van der Waals surface area contributed by atoms with E-state index in [1.165, 1.54) is 25.7 Å². The van der Waals surface area contributed by atoms with Gasteiger partial charge in [-0.2, -0.15) is 0 Å². The van der Waals surface area contributed by atoms with Gasteiger partial charge >= 0.3 is 0 Å². The number of ether oxygens (including phenoxy) is 1. The maximum Gasteiger partial charge on any atom is 0.0634 e. The summed E-state index contributed by atoms with van der Waals surface area (Å²) < 4.78 is 5.44. The van der Waals surface area contributed by atoms with Gasteiger partial charge in [-0.3, -0.25) is 0 Å². The summed E-state index contributed by atoms with van der Waals surface area (Å²) >= 11 is 6.17. The third-order valence-corrected chi connectivity index (χ3v) is 4.78. The molecule has 0 bridgehead atoms. The van der Waals surface area contributed by atoms with Crippen LogP contribution in [0.4, 0.5) is 0 Å². The Morgan fingerprint density at radius 2 is 1.94 bits per heavy atom. The summed E-state index contributed by atoms with van der Waals surface area (Å²) in [6.07, 6.45) is 6.05. The highest BCUT2D eigenvalue weighted by Gasteiger charge is 2.33. The number of nitrogens with one attached hydrogen (secondary N) is 1. The number of hydrogen-bond acceptors (Lipinski definition) is 2. The number of alkyl halides is 1. The fourth-order valence-corrected chi connectivity index (χ4v) is 2.76. The normalized spacial score (nSPS) is 30.5. The highest BCUT2D eigenvalue weighted by molar-refractivity contribution is 6.18. The van der Waals surface area contributed by atoms with E-state index in [0.717, 1.165) is 24.8 Å². The molecular formula is C14H28ClNO. The largest absolute Gasteiger partial charge is 0.379 e. The van der Waals surface area contributed by atoms with E-state index < -0.39 is 0 Å². The first-order valence-electron chi connectivity index (χ1n) is 6.79. The first-order valence-corrected chi connectivity index (χ1v) is 7.33. The van der Waals surface area contributed by atoms with E-state index in [0.29, 0.717) is 0 Å². The van der Waals surface area contributed by atoms with E-state index in [-0.39, 0.29) is 11.1 Å². The molecule has 1 aliphatic carbocycles. The third kappa shape index (κ3) is 4.76. The van der Waals surface area contributed by atoms with Gasteiger partial charge in [0.1, 0.15) is 0 Å². The molecule has 0 heterocycles. The first kappa shape index (κ1) is 15.3. The van der Waals surface area contributed by atoms with Crippen molar-refractivity contribution < 1.29 is 4.74 Å². The van der Waals surface area contributed by atoms with Crippen LogP contribution in [0, 0.1) is 5.92 Å². The molecule has 0 saturated heterocycles. The van der Waals surface area contributed by atoms with E-state index >= 15 is 0 Å². The van der Waals surface area contributed by atoms with Gasteiger partial charge in [0.05, 0.1) is 5.60 Å². The predicted molar refractivity (Wildman–Crippen MR) is 74.8 cm³/mol. The molecular weight excluding hydrogens is 234 g/mol. The van der Waals surface area contributed by atoms with E-state index in [2.05, 4.69) is 26.1 Å². The highest BCUT2D eigenvalue weighted by Crippen LogP contribution is 2.32. The van der Waals surface area contributed by atoms with Gasteiger partial charge in [-0.1, -0.05) is 6.92 Å². The Morgan fingerprint density at radius 3 is 2.41 bits per heavy atom. The van der Waals surface area contributed by atoms with Crippen molar-refractivity contribution in [3.8, 4) is 0 Å². The van der Waals surface area contributed by atoms with Gasteiger partial charge in [0.2, 0.25) is 0 Å². The molecule has 0 aromatic carbocycles. The molecule has 0 aliphatic heterocycles. The molecule has 3 heteroatoms. The van der Waals surface area contributed by atoms with Crippen LogP contribution in [-0.2, 0) is 4.74 Å². The summed E-state index contributed by atoms with van der Waals surface area (Å²) in [7, 11) is 1.78. The quantitative estimate of drug-likeness (QED) is 0.738. The SMILES string of the molecule is COC(C)(C)CCNC1(CCl)CCC(C)CC1. The summed E-state index contributed by atoms with van der Waals surface area (Å²) in [4.78, 5) is 0. The van der Waals surface area contributed by atoms with Crippen molar-refractivity contribution in [3.05, 3.63) is 0 Å². The zero-order chi connectivity index (χ0) is 12.9. The molecule has 0 atom stereocenters.